The van der Waals surface area contributed by atoms with Gasteiger partial charge in [-0.3, -0.25) is 9.59 Å². The summed E-state index contributed by atoms with van der Waals surface area (Å²) in [5.74, 6) is -0.368. The molecule has 6 heteroatoms. The van der Waals surface area contributed by atoms with Crippen molar-refractivity contribution >= 4 is 12.4 Å². The first-order chi connectivity index (χ1) is 8.22. The highest BCUT2D eigenvalue weighted by atomic mass is 16.7. The van der Waals surface area contributed by atoms with E-state index in [0.29, 0.717) is 6.47 Å². The lowest BCUT2D eigenvalue weighted by Gasteiger charge is -2.15. The zero-order valence-corrected chi connectivity index (χ0v) is 10.3. The van der Waals surface area contributed by atoms with Crippen LogP contribution in [0.3, 0.4) is 0 Å². The molecule has 0 aromatic heterocycles. The minimum atomic E-state index is -0.396. The first-order valence-electron chi connectivity index (χ1n) is 5.72. The van der Waals surface area contributed by atoms with Crippen LogP contribution in [0, 0.1) is 0 Å². The van der Waals surface area contributed by atoms with Gasteiger partial charge in [0.2, 0.25) is 0 Å². The Morgan fingerprint density at radius 2 is 1.71 bits per heavy atom. The van der Waals surface area contributed by atoms with Crippen LogP contribution in [0.1, 0.15) is 20.8 Å². The summed E-state index contributed by atoms with van der Waals surface area (Å²) in [6.07, 6.45) is -1.43. The molecular formula is C11H18O6. The Kier molecular flexibility index (Phi) is 5.37. The maximum absolute atomic E-state index is 10.8. The second kappa shape index (κ2) is 6.56. The van der Waals surface area contributed by atoms with Crippen LogP contribution in [0.4, 0.5) is 0 Å². The Balaban J connectivity index is 0.000000686. The van der Waals surface area contributed by atoms with Crippen molar-refractivity contribution in [3.63, 3.8) is 0 Å². The molecule has 0 N–H and O–H groups in total. The van der Waals surface area contributed by atoms with Crippen LogP contribution in [0.5, 0.6) is 0 Å². The monoisotopic (exact) mass is 246 g/mol. The molecule has 6 nitrogen and oxygen atoms in total. The van der Waals surface area contributed by atoms with Crippen molar-refractivity contribution in [3.8, 4) is 0 Å². The third kappa shape index (κ3) is 3.17. The van der Waals surface area contributed by atoms with Crippen molar-refractivity contribution in [2.24, 2.45) is 0 Å². The van der Waals surface area contributed by atoms with E-state index < -0.39 is 12.2 Å². The minimum absolute atomic E-state index is 0.284. The molecule has 17 heavy (non-hydrogen) atoms. The lowest BCUT2D eigenvalue weighted by atomic mass is 10.1. The summed E-state index contributed by atoms with van der Waals surface area (Å²) in [5, 5.41) is 0. The van der Waals surface area contributed by atoms with Crippen molar-refractivity contribution in [1.82, 2.24) is 0 Å². The summed E-state index contributed by atoms with van der Waals surface area (Å²) < 4.78 is 20.6. The molecule has 2 aliphatic heterocycles. The van der Waals surface area contributed by atoms with Crippen LogP contribution in [0.25, 0.3) is 0 Å². The van der Waals surface area contributed by atoms with E-state index in [-0.39, 0.29) is 31.4 Å². The lowest BCUT2D eigenvalue weighted by molar-refractivity contribution is -0.151. The SMILES string of the molecule is CC.CC(=O)O[C@@H]1CO[C@@H]2[C@H]1OC[C@@H]2OC=O. The molecule has 4 atom stereocenters. The topological polar surface area (TPSA) is 71.1 Å². The Hall–Kier alpha value is -1.14. The highest BCUT2D eigenvalue weighted by molar-refractivity contribution is 5.66. The van der Waals surface area contributed by atoms with Gasteiger partial charge in [-0.05, 0) is 0 Å². The number of hydrogen-bond acceptors (Lipinski definition) is 6. The fourth-order valence-electron chi connectivity index (χ4n) is 1.93. The summed E-state index contributed by atoms with van der Waals surface area (Å²) in [7, 11) is 0. The Bertz CT molecular complexity index is 267. The van der Waals surface area contributed by atoms with Gasteiger partial charge in [0.1, 0.15) is 12.2 Å². The summed E-state index contributed by atoms with van der Waals surface area (Å²) in [5.41, 5.74) is 0. The highest BCUT2D eigenvalue weighted by Crippen LogP contribution is 2.30. The van der Waals surface area contributed by atoms with Crippen molar-refractivity contribution in [3.05, 3.63) is 0 Å². The molecule has 0 spiro atoms. The van der Waals surface area contributed by atoms with Gasteiger partial charge in [-0.15, -0.1) is 0 Å². The summed E-state index contributed by atoms with van der Waals surface area (Å²) in [4.78, 5) is 21.0. The lowest BCUT2D eigenvalue weighted by Crippen LogP contribution is -2.34. The van der Waals surface area contributed by atoms with Crippen molar-refractivity contribution in [1.29, 1.82) is 0 Å². The van der Waals surface area contributed by atoms with Crippen molar-refractivity contribution < 1.29 is 28.5 Å². The molecule has 2 aliphatic rings. The third-order valence-electron chi connectivity index (χ3n) is 2.51. The zero-order chi connectivity index (χ0) is 12.8. The van der Waals surface area contributed by atoms with Crippen molar-refractivity contribution in [2.75, 3.05) is 13.2 Å². The van der Waals surface area contributed by atoms with Gasteiger partial charge in [-0.1, -0.05) is 13.8 Å². The van der Waals surface area contributed by atoms with Crippen LogP contribution < -0.4 is 0 Å². The normalized spacial score (nSPS) is 34.3. The number of hydrogen-bond donors (Lipinski definition) is 0. The molecule has 2 saturated heterocycles. The number of carbonyl (C=O) groups excluding carboxylic acids is 2. The van der Waals surface area contributed by atoms with Crippen molar-refractivity contribution in [2.45, 2.75) is 45.2 Å². The molecule has 0 bridgehead atoms. The van der Waals surface area contributed by atoms with E-state index in [1.165, 1.54) is 6.92 Å². The van der Waals surface area contributed by atoms with E-state index in [1.807, 2.05) is 13.8 Å². The van der Waals surface area contributed by atoms with Gasteiger partial charge >= 0.3 is 5.97 Å². The van der Waals surface area contributed by atoms with E-state index in [1.54, 1.807) is 0 Å². The summed E-state index contributed by atoms with van der Waals surface area (Å²) >= 11 is 0. The molecule has 2 fully saturated rings. The Labute approximate surface area is 100 Å². The predicted molar refractivity (Wildman–Crippen MR) is 57.3 cm³/mol. The molecule has 0 aliphatic carbocycles. The number of esters is 1. The molecule has 0 aromatic rings. The largest absolute Gasteiger partial charge is 0.459 e. The second-order valence-corrected chi connectivity index (χ2v) is 3.51. The van der Waals surface area contributed by atoms with E-state index in [0.717, 1.165) is 0 Å². The minimum Gasteiger partial charge on any atom is -0.459 e. The van der Waals surface area contributed by atoms with E-state index in [4.69, 9.17) is 18.9 Å². The van der Waals surface area contributed by atoms with E-state index >= 15 is 0 Å². The quantitative estimate of drug-likeness (QED) is 0.526. The smallest absolute Gasteiger partial charge is 0.303 e. The molecule has 0 unspecified atom stereocenters. The average molecular weight is 246 g/mol. The fourth-order valence-corrected chi connectivity index (χ4v) is 1.93. The number of carbonyl (C=O) groups is 2. The number of rotatable bonds is 3. The number of ether oxygens (including phenoxy) is 4. The van der Waals surface area contributed by atoms with Gasteiger partial charge in [-0.2, -0.15) is 0 Å². The molecule has 0 amide bonds. The maximum atomic E-state index is 10.8. The molecule has 2 rings (SSSR count). The van der Waals surface area contributed by atoms with Gasteiger partial charge in [0, 0.05) is 6.92 Å². The zero-order valence-electron chi connectivity index (χ0n) is 10.3. The first kappa shape index (κ1) is 13.9. The predicted octanol–water partition coefficient (Wildman–Crippen LogP) is 0.283. The Morgan fingerprint density at radius 1 is 1.18 bits per heavy atom. The highest BCUT2D eigenvalue weighted by Gasteiger charge is 2.50. The summed E-state index contributed by atoms with van der Waals surface area (Å²) in [6, 6.07) is 0. The van der Waals surface area contributed by atoms with Gasteiger partial charge in [0.25, 0.3) is 6.47 Å². The third-order valence-corrected chi connectivity index (χ3v) is 2.51. The van der Waals surface area contributed by atoms with Crippen LogP contribution >= 0.6 is 0 Å². The average Bonchev–Trinajstić information content (AvgIpc) is 2.86. The van der Waals surface area contributed by atoms with Gasteiger partial charge in [0.05, 0.1) is 13.2 Å². The molecular weight excluding hydrogens is 228 g/mol. The molecule has 0 radical (unpaired) electrons. The summed E-state index contributed by atoms with van der Waals surface area (Å²) in [6.45, 7) is 6.28. The molecule has 0 saturated carbocycles. The molecule has 2 heterocycles. The Morgan fingerprint density at radius 3 is 2.24 bits per heavy atom. The van der Waals surface area contributed by atoms with Gasteiger partial charge in [-0.25, -0.2) is 0 Å². The van der Waals surface area contributed by atoms with Crippen LogP contribution in [0.15, 0.2) is 0 Å². The maximum Gasteiger partial charge on any atom is 0.303 e. The van der Waals surface area contributed by atoms with Gasteiger partial charge in [0.15, 0.2) is 12.2 Å². The van der Waals surface area contributed by atoms with E-state index in [9.17, 15) is 9.59 Å². The van der Waals surface area contributed by atoms with E-state index in [2.05, 4.69) is 0 Å². The second-order valence-electron chi connectivity index (χ2n) is 3.51. The standard InChI is InChI=1S/C9H12O6.C2H6/c1-5(11)15-7-3-13-8-6(14-4-10)2-12-9(7)8;1-2/h4,6-9H,2-3H2,1H3;1-2H3/t6-,7+,8-,9-;/m0./s1. The first-order valence-corrected chi connectivity index (χ1v) is 5.72. The van der Waals surface area contributed by atoms with Crippen LogP contribution in [-0.4, -0.2) is 50.1 Å². The molecule has 0 aromatic carbocycles. The van der Waals surface area contributed by atoms with Crippen LogP contribution in [0.2, 0.25) is 0 Å². The van der Waals surface area contributed by atoms with Gasteiger partial charge < -0.3 is 18.9 Å². The number of fused-ring (bicyclic) bond motifs is 1. The fraction of sp³-hybridized carbons (Fsp3) is 0.818. The van der Waals surface area contributed by atoms with Crippen LogP contribution in [-0.2, 0) is 28.5 Å². The molecule has 98 valence electrons.